The van der Waals surface area contributed by atoms with Gasteiger partial charge in [0, 0.05) is 16.8 Å². The number of benzene rings is 1. The average molecular weight is 326 g/mol. The Labute approximate surface area is 132 Å². The molecule has 0 unspecified atom stereocenters. The zero-order valence-electron chi connectivity index (χ0n) is 11.9. The van der Waals surface area contributed by atoms with Crippen LogP contribution in [0.4, 0.5) is 0 Å². The molecular weight excluding hydrogens is 310 g/mol. The van der Waals surface area contributed by atoms with Crippen LogP contribution < -0.4 is 4.74 Å². The molecule has 2 rings (SSSR count). The van der Waals surface area contributed by atoms with Crippen LogP contribution in [0.2, 0.25) is 5.02 Å². The maximum atomic E-state index is 11.3. The number of hydrogen-bond acceptors (Lipinski definition) is 5. The molecule has 0 saturated carbocycles. The van der Waals surface area contributed by atoms with Gasteiger partial charge in [-0.25, -0.2) is 4.98 Å². The van der Waals surface area contributed by atoms with Crippen molar-refractivity contribution in [2.75, 3.05) is 13.7 Å². The Balaban J connectivity index is 2.11. The normalized spacial score (nSPS) is 10.4. The molecule has 0 atom stereocenters. The Morgan fingerprint density at radius 1 is 1.43 bits per heavy atom. The summed E-state index contributed by atoms with van der Waals surface area (Å²) in [5.74, 6) is 0.491. The van der Waals surface area contributed by atoms with E-state index in [1.54, 1.807) is 26.2 Å². The molecule has 0 radical (unpaired) electrons. The van der Waals surface area contributed by atoms with Gasteiger partial charge in [0.05, 0.1) is 31.4 Å². The predicted molar refractivity (Wildman–Crippen MR) is 84.1 cm³/mol. The number of nitrogens with zero attached hydrogens (tertiary/aromatic N) is 1. The molecule has 0 N–H and O–H groups in total. The van der Waals surface area contributed by atoms with Gasteiger partial charge in [0.15, 0.2) is 0 Å². The van der Waals surface area contributed by atoms with E-state index in [1.807, 2.05) is 11.4 Å². The molecule has 0 aliphatic carbocycles. The van der Waals surface area contributed by atoms with Crippen LogP contribution in [-0.4, -0.2) is 24.7 Å². The Kier molecular flexibility index (Phi) is 5.59. The Morgan fingerprint density at radius 2 is 2.24 bits per heavy atom. The Morgan fingerprint density at radius 3 is 2.95 bits per heavy atom. The van der Waals surface area contributed by atoms with Gasteiger partial charge in [0.2, 0.25) is 0 Å². The van der Waals surface area contributed by atoms with Crippen molar-refractivity contribution in [1.82, 2.24) is 4.98 Å². The number of aryl methyl sites for hydroxylation is 1. The van der Waals surface area contributed by atoms with Gasteiger partial charge in [-0.05, 0) is 25.1 Å². The number of ether oxygens (including phenoxy) is 2. The molecule has 0 fully saturated rings. The first kappa shape index (κ1) is 15.8. The van der Waals surface area contributed by atoms with E-state index in [-0.39, 0.29) is 5.97 Å². The SMILES string of the molecule is CCOC(=O)CCc1csc(-c2ccc(Cl)cc2OC)n1. The topological polar surface area (TPSA) is 48.4 Å². The molecule has 21 heavy (non-hydrogen) atoms. The van der Waals surface area contributed by atoms with Crippen molar-refractivity contribution in [3.8, 4) is 16.3 Å². The van der Waals surface area contributed by atoms with E-state index in [0.29, 0.717) is 30.2 Å². The molecule has 0 spiro atoms. The third kappa shape index (κ3) is 4.19. The summed E-state index contributed by atoms with van der Waals surface area (Å²) in [4.78, 5) is 15.9. The highest BCUT2D eigenvalue weighted by Crippen LogP contribution is 2.34. The molecule has 4 nitrogen and oxygen atoms in total. The maximum Gasteiger partial charge on any atom is 0.306 e. The van der Waals surface area contributed by atoms with Crippen LogP contribution in [0.25, 0.3) is 10.6 Å². The minimum Gasteiger partial charge on any atom is -0.496 e. The van der Waals surface area contributed by atoms with Crippen LogP contribution in [0, 0.1) is 0 Å². The number of hydrogen-bond donors (Lipinski definition) is 0. The lowest BCUT2D eigenvalue weighted by Crippen LogP contribution is -2.05. The third-order valence-corrected chi connectivity index (χ3v) is 4.00. The highest BCUT2D eigenvalue weighted by Gasteiger charge is 2.12. The van der Waals surface area contributed by atoms with Crippen molar-refractivity contribution < 1.29 is 14.3 Å². The van der Waals surface area contributed by atoms with Gasteiger partial charge in [-0.3, -0.25) is 4.79 Å². The summed E-state index contributed by atoms with van der Waals surface area (Å²) in [5.41, 5.74) is 1.77. The summed E-state index contributed by atoms with van der Waals surface area (Å²) < 4.78 is 10.2. The van der Waals surface area contributed by atoms with E-state index in [9.17, 15) is 4.79 Å². The molecule has 1 aromatic carbocycles. The van der Waals surface area contributed by atoms with Crippen LogP contribution in [0.1, 0.15) is 19.0 Å². The van der Waals surface area contributed by atoms with Gasteiger partial charge in [-0.2, -0.15) is 0 Å². The number of carbonyl (C=O) groups excluding carboxylic acids is 1. The van der Waals surface area contributed by atoms with Crippen molar-refractivity contribution in [3.05, 3.63) is 34.3 Å². The molecule has 0 aliphatic heterocycles. The van der Waals surface area contributed by atoms with Crippen LogP contribution >= 0.6 is 22.9 Å². The maximum absolute atomic E-state index is 11.3. The van der Waals surface area contributed by atoms with Gasteiger partial charge in [0.25, 0.3) is 0 Å². The smallest absolute Gasteiger partial charge is 0.306 e. The van der Waals surface area contributed by atoms with E-state index < -0.39 is 0 Å². The summed E-state index contributed by atoms with van der Waals surface area (Å²) in [6.45, 7) is 2.20. The van der Waals surface area contributed by atoms with Crippen molar-refractivity contribution in [2.45, 2.75) is 19.8 Å². The molecule has 0 bridgehead atoms. The molecule has 1 heterocycles. The molecule has 0 aliphatic rings. The highest BCUT2D eigenvalue weighted by molar-refractivity contribution is 7.13. The number of esters is 1. The minimum atomic E-state index is -0.198. The summed E-state index contributed by atoms with van der Waals surface area (Å²) in [6, 6.07) is 5.45. The minimum absolute atomic E-state index is 0.198. The summed E-state index contributed by atoms with van der Waals surface area (Å²) in [7, 11) is 1.60. The number of carbonyl (C=O) groups is 1. The lowest BCUT2D eigenvalue weighted by Gasteiger charge is -2.06. The Bertz CT molecular complexity index is 627. The van der Waals surface area contributed by atoms with Crippen LogP contribution in [0.15, 0.2) is 23.6 Å². The van der Waals surface area contributed by atoms with Crippen molar-refractivity contribution in [1.29, 1.82) is 0 Å². The fourth-order valence-corrected chi connectivity index (χ4v) is 2.90. The summed E-state index contributed by atoms with van der Waals surface area (Å²) in [5, 5.41) is 3.42. The van der Waals surface area contributed by atoms with Crippen LogP contribution in [0.5, 0.6) is 5.75 Å². The zero-order valence-corrected chi connectivity index (χ0v) is 13.5. The number of thiazole rings is 1. The van der Waals surface area contributed by atoms with E-state index in [2.05, 4.69) is 4.98 Å². The largest absolute Gasteiger partial charge is 0.496 e. The van der Waals surface area contributed by atoms with Gasteiger partial charge >= 0.3 is 5.97 Å². The molecule has 0 amide bonds. The van der Waals surface area contributed by atoms with Crippen LogP contribution in [-0.2, 0) is 16.0 Å². The second kappa shape index (κ2) is 7.43. The second-order valence-electron chi connectivity index (χ2n) is 4.29. The zero-order chi connectivity index (χ0) is 15.2. The van der Waals surface area contributed by atoms with Gasteiger partial charge in [-0.15, -0.1) is 11.3 Å². The molecule has 1 aromatic heterocycles. The first-order chi connectivity index (χ1) is 10.1. The first-order valence-corrected chi connectivity index (χ1v) is 7.83. The number of halogens is 1. The quantitative estimate of drug-likeness (QED) is 0.754. The Hall–Kier alpha value is -1.59. The third-order valence-electron chi connectivity index (χ3n) is 2.84. The van der Waals surface area contributed by atoms with E-state index in [1.165, 1.54) is 11.3 Å². The second-order valence-corrected chi connectivity index (χ2v) is 5.59. The molecule has 6 heteroatoms. The van der Waals surface area contributed by atoms with Gasteiger partial charge < -0.3 is 9.47 Å². The number of methoxy groups -OCH3 is 1. The van der Waals surface area contributed by atoms with Crippen molar-refractivity contribution >= 4 is 28.9 Å². The van der Waals surface area contributed by atoms with E-state index in [0.717, 1.165) is 16.3 Å². The monoisotopic (exact) mass is 325 g/mol. The lowest BCUT2D eigenvalue weighted by atomic mass is 10.2. The van der Waals surface area contributed by atoms with E-state index in [4.69, 9.17) is 21.1 Å². The molecule has 2 aromatic rings. The van der Waals surface area contributed by atoms with Crippen LogP contribution in [0.3, 0.4) is 0 Å². The fourth-order valence-electron chi connectivity index (χ4n) is 1.85. The summed E-state index contributed by atoms with van der Waals surface area (Å²) >= 11 is 7.47. The fraction of sp³-hybridized carbons (Fsp3) is 0.333. The van der Waals surface area contributed by atoms with E-state index >= 15 is 0 Å². The van der Waals surface area contributed by atoms with Crippen molar-refractivity contribution in [2.24, 2.45) is 0 Å². The van der Waals surface area contributed by atoms with Crippen molar-refractivity contribution in [3.63, 3.8) is 0 Å². The molecule has 112 valence electrons. The highest BCUT2D eigenvalue weighted by atomic mass is 35.5. The number of aromatic nitrogens is 1. The summed E-state index contributed by atoms with van der Waals surface area (Å²) in [6.07, 6.45) is 0.917. The lowest BCUT2D eigenvalue weighted by molar-refractivity contribution is -0.143. The predicted octanol–water partition coefficient (Wildman–Crippen LogP) is 3.97. The number of rotatable bonds is 6. The average Bonchev–Trinajstić information content (AvgIpc) is 2.94. The van der Waals surface area contributed by atoms with Gasteiger partial charge in [-0.1, -0.05) is 11.6 Å². The molecule has 0 saturated heterocycles. The molecular formula is C15H16ClNO3S. The first-order valence-electron chi connectivity index (χ1n) is 6.58. The standard InChI is InChI=1S/C15H16ClNO3S/c1-3-20-14(18)7-5-11-9-21-15(17-11)12-6-4-10(16)8-13(12)19-2/h4,6,8-9H,3,5,7H2,1-2H3. The van der Waals surface area contributed by atoms with Gasteiger partial charge in [0.1, 0.15) is 10.8 Å².